The van der Waals surface area contributed by atoms with Gasteiger partial charge in [-0.1, -0.05) is 29.8 Å². The zero-order valence-corrected chi connectivity index (χ0v) is 10.0. The van der Waals surface area contributed by atoms with E-state index in [1.165, 1.54) is 12.3 Å². The highest BCUT2D eigenvalue weighted by molar-refractivity contribution is 6.32. The van der Waals surface area contributed by atoms with Gasteiger partial charge in [0.15, 0.2) is 11.6 Å². The van der Waals surface area contributed by atoms with E-state index in [-0.39, 0.29) is 5.02 Å². The van der Waals surface area contributed by atoms with Crippen LogP contribution in [0.2, 0.25) is 5.02 Å². The van der Waals surface area contributed by atoms with E-state index in [9.17, 15) is 4.39 Å². The van der Waals surface area contributed by atoms with Crippen molar-refractivity contribution in [2.24, 2.45) is 5.10 Å². The zero-order valence-electron chi connectivity index (χ0n) is 9.27. The normalized spacial score (nSPS) is 10.8. The predicted molar refractivity (Wildman–Crippen MR) is 70.7 cm³/mol. The van der Waals surface area contributed by atoms with Crippen LogP contribution < -0.4 is 5.43 Å². The number of phenols is 1. The fourth-order valence-electron chi connectivity index (χ4n) is 1.35. The van der Waals surface area contributed by atoms with Crippen LogP contribution in [0.25, 0.3) is 0 Å². The largest absolute Gasteiger partial charge is 0.504 e. The van der Waals surface area contributed by atoms with Gasteiger partial charge < -0.3 is 5.11 Å². The third-order valence-corrected chi connectivity index (χ3v) is 2.51. The number of hydrogen-bond acceptors (Lipinski definition) is 3. The number of anilines is 1. The van der Waals surface area contributed by atoms with E-state index < -0.39 is 11.6 Å². The molecule has 2 aromatic rings. The molecule has 0 atom stereocenters. The van der Waals surface area contributed by atoms with Gasteiger partial charge in [-0.05, 0) is 29.8 Å². The lowest BCUT2D eigenvalue weighted by Crippen LogP contribution is -1.91. The summed E-state index contributed by atoms with van der Waals surface area (Å²) < 4.78 is 13.2. The smallest absolute Gasteiger partial charge is 0.170 e. The molecule has 0 aliphatic rings. The maximum Gasteiger partial charge on any atom is 0.170 e. The molecule has 5 heteroatoms. The second-order valence-electron chi connectivity index (χ2n) is 3.57. The van der Waals surface area contributed by atoms with Crippen molar-refractivity contribution in [1.82, 2.24) is 0 Å². The van der Waals surface area contributed by atoms with Crippen LogP contribution in [0.5, 0.6) is 5.75 Å². The Morgan fingerprint density at radius 2 is 1.94 bits per heavy atom. The van der Waals surface area contributed by atoms with Gasteiger partial charge in [-0.15, -0.1) is 0 Å². The summed E-state index contributed by atoms with van der Waals surface area (Å²) in [6.07, 6.45) is 1.42. The summed E-state index contributed by atoms with van der Waals surface area (Å²) in [6.45, 7) is 0. The number of benzene rings is 2. The maximum atomic E-state index is 13.2. The van der Waals surface area contributed by atoms with Crippen molar-refractivity contribution in [3.8, 4) is 5.75 Å². The van der Waals surface area contributed by atoms with Gasteiger partial charge in [0.1, 0.15) is 0 Å². The Hall–Kier alpha value is -2.07. The van der Waals surface area contributed by atoms with Crippen LogP contribution in [0, 0.1) is 5.82 Å². The lowest BCUT2D eigenvalue weighted by molar-refractivity contribution is 0.432. The number of rotatable bonds is 3. The van der Waals surface area contributed by atoms with Crippen LogP contribution in [0.3, 0.4) is 0 Å². The van der Waals surface area contributed by atoms with Crippen molar-refractivity contribution < 1.29 is 9.50 Å². The third kappa shape index (κ3) is 2.99. The minimum Gasteiger partial charge on any atom is -0.504 e. The first kappa shape index (κ1) is 12.4. The van der Waals surface area contributed by atoms with Crippen molar-refractivity contribution >= 4 is 23.5 Å². The number of nitrogens with zero attached hydrogens (tertiary/aromatic N) is 1. The Kier molecular flexibility index (Phi) is 3.79. The van der Waals surface area contributed by atoms with Crippen LogP contribution in [-0.2, 0) is 0 Å². The summed E-state index contributed by atoms with van der Waals surface area (Å²) in [5.74, 6) is -1.33. The molecule has 2 rings (SSSR count). The highest BCUT2D eigenvalue weighted by atomic mass is 35.5. The Labute approximate surface area is 109 Å². The molecule has 18 heavy (non-hydrogen) atoms. The van der Waals surface area contributed by atoms with Crippen LogP contribution >= 0.6 is 11.6 Å². The van der Waals surface area contributed by atoms with Gasteiger partial charge in [0.2, 0.25) is 0 Å². The third-order valence-electron chi connectivity index (χ3n) is 2.22. The Morgan fingerprint density at radius 1 is 1.22 bits per heavy atom. The van der Waals surface area contributed by atoms with Crippen molar-refractivity contribution in [3.05, 3.63) is 58.9 Å². The molecule has 0 spiro atoms. The van der Waals surface area contributed by atoms with Crippen LogP contribution in [0.1, 0.15) is 5.56 Å². The molecular weight excluding hydrogens is 255 g/mol. The van der Waals surface area contributed by atoms with Crippen LogP contribution in [0.15, 0.2) is 47.6 Å². The van der Waals surface area contributed by atoms with Gasteiger partial charge in [0, 0.05) is 0 Å². The van der Waals surface area contributed by atoms with Gasteiger partial charge in [0.05, 0.1) is 16.9 Å². The Bertz CT molecular complexity index is 549. The number of phenolic OH excluding ortho intramolecular Hbond substituents is 1. The maximum absolute atomic E-state index is 13.2. The van der Waals surface area contributed by atoms with Crippen molar-refractivity contribution in [3.63, 3.8) is 0 Å². The number of hydrazone groups is 1. The summed E-state index contributed by atoms with van der Waals surface area (Å²) in [4.78, 5) is 0. The first-order chi connectivity index (χ1) is 8.66. The quantitative estimate of drug-likeness (QED) is 0.657. The predicted octanol–water partition coefficient (Wildman–Crippen LogP) is 3.63. The van der Waals surface area contributed by atoms with Crippen molar-refractivity contribution in [1.29, 1.82) is 0 Å². The standard InChI is InChI=1S/C13H10ClFN2O/c14-11-6-9(7-12(15)13(11)18)8-16-17-10-4-2-1-3-5-10/h1-8,17-18H. The van der Waals surface area contributed by atoms with Gasteiger partial charge in [-0.25, -0.2) is 4.39 Å². The summed E-state index contributed by atoms with van der Waals surface area (Å²) >= 11 is 5.64. The van der Waals surface area contributed by atoms with E-state index in [1.807, 2.05) is 30.3 Å². The van der Waals surface area contributed by atoms with Gasteiger partial charge in [0.25, 0.3) is 0 Å². The van der Waals surface area contributed by atoms with Gasteiger partial charge in [-0.2, -0.15) is 5.10 Å². The van der Waals surface area contributed by atoms with E-state index >= 15 is 0 Å². The number of aromatic hydroxyl groups is 1. The summed E-state index contributed by atoms with van der Waals surface area (Å²) in [5, 5.41) is 13.1. The summed E-state index contributed by atoms with van der Waals surface area (Å²) in [6, 6.07) is 11.9. The number of para-hydroxylation sites is 1. The highest BCUT2D eigenvalue weighted by Gasteiger charge is 2.06. The topological polar surface area (TPSA) is 44.6 Å². The van der Waals surface area contributed by atoms with E-state index in [0.717, 1.165) is 11.8 Å². The first-order valence-electron chi connectivity index (χ1n) is 5.19. The molecular formula is C13H10ClFN2O. The van der Waals surface area contributed by atoms with E-state index in [0.29, 0.717) is 5.56 Å². The molecule has 3 nitrogen and oxygen atoms in total. The zero-order chi connectivity index (χ0) is 13.0. The molecule has 0 unspecified atom stereocenters. The summed E-state index contributed by atoms with van der Waals surface area (Å²) in [5.41, 5.74) is 4.06. The monoisotopic (exact) mass is 264 g/mol. The molecule has 92 valence electrons. The highest BCUT2D eigenvalue weighted by Crippen LogP contribution is 2.26. The minimum absolute atomic E-state index is 0.0452. The lowest BCUT2D eigenvalue weighted by Gasteiger charge is -2.01. The number of hydrogen-bond donors (Lipinski definition) is 2. The molecule has 0 aliphatic heterocycles. The SMILES string of the molecule is Oc1c(F)cc(C=NNc2ccccc2)cc1Cl. The molecule has 0 bridgehead atoms. The van der Waals surface area contributed by atoms with Gasteiger partial charge >= 0.3 is 0 Å². The Balaban J connectivity index is 2.10. The van der Waals surface area contributed by atoms with Crippen molar-refractivity contribution in [2.75, 3.05) is 5.43 Å². The molecule has 0 amide bonds. The molecule has 2 N–H and O–H groups in total. The average molecular weight is 265 g/mol. The molecule has 0 heterocycles. The second kappa shape index (κ2) is 5.51. The van der Waals surface area contributed by atoms with Gasteiger partial charge in [-0.3, -0.25) is 5.43 Å². The van der Waals surface area contributed by atoms with Crippen LogP contribution in [-0.4, -0.2) is 11.3 Å². The summed E-state index contributed by atoms with van der Waals surface area (Å²) in [7, 11) is 0. The fraction of sp³-hybridized carbons (Fsp3) is 0. The first-order valence-corrected chi connectivity index (χ1v) is 5.57. The van der Waals surface area contributed by atoms with Crippen molar-refractivity contribution in [2.45, 2.75) is 0 Å². The molecule has 0 saturated carbocycles. The second-order valence-corrected chi connectivity index (χ2v) is 3.98. The number of halogens is 2. The molecule has 2 aromatic carbocycles. The average Bonchev–Trinajstić information content (AvgIpc) is 2.37. The molecule has 0 aliphatic carbocycles. The molecule has 0 radical (unpaired) electrons. The molecule has 0 fully saturated rings. The molecule has 0 aromatic heterocycles. The minimum atomic E-state index is -0.774. The lowest BCUT2D eigenvalue weighted by atomic mass is 10.2. The van der Waals surface area contributed by atoms with E-state index in [4.69, 9.17) is 16.7 Å². The fourth-order valence-corrected chi connectivity index (χ4v) is 1.57. The molecule has 0 saturated heterocycles. The van der Waals surface area contributed by atoms with Crippen LogP contribution in [0.4, 0.5) is 10.1 Å². The Morgan fingerprint density at radius 3 is 2.61 bits per heavy atom. The number of nitrogens with one attached hydrogen (secondary N) is 1. The van der Waals surface area contributed by atoms with E-state index in [1.54, 1.807) is 0 Å². The van der Waals surface area contributed by atoms with E-state index in [2.05, 4.69) is 10.5 Å².